The van der Waals surface area contributed by atoms with Crippen LogP contribution < -0.4 is 18.9 Å². The van der Waals surface area contributed by atoms with Gasteiger partial charge in [0.25, 0.3) is 5.91 Å². The molecule has 36 heavy (non-hydrogen) atoms. The van der Waals surface area contributed by atoms with Crippen molar-refractivity contribution in [1.82, 2.24) is 5.01 Å². The lowest BCUT2D eigenvalue weighted by atomic mass is 10.1. The number of methoxy groups -OCH3 is 2. The van der Waals surface area contributed by atoms with Gasteiger partial charge >= 0.3 is 0 Å². The summed E-state index contributed by atoms with van der Waals surface area (Å²) in [5.41, 5.74) is 0.850. The number of thioether (sulfide) groups is 1. The molecule has 2 aliphatic rings. The normalized spacial score (nSPS) is 16.0. The first-order valence-electron chi connectivity index (χ1n) is 11.6. The third kappa shape index (κ3) is 5.88. The molecule has 0 saturated heterocycles. The van der Waals surface area contributed by atoms with Crippen LogP contribution in [-0.2, 0) is 4.79 Å². The molecule has 10 heteroatoms. The van der Waals surface area contributed by atoms with Crippen LogP contribution in [0.3, 0.4) is 0 Å². The van der Waals surface area contributed by atoms with Gasteiger partial charge in [0.2, 0.25) is 5.17 Å². The van der Waals surface area contributed by atoms with Crippen molar-refractivity contribution in [1.29, 1.82) is 5.41 Å². The van der Waals surface area contributed by atoms with Crippen LogP contribution in [0, 0.1) is 5.41 Å². The van der Waals surface area contributed by atoms with Gasteiger partial charge < -0.3 is 18.9 Å². The van der Waals surface area contributed by atoms with Gasteiger partial charge in [0.15, 0.2) is 17.3 Å². The van der Waals surface area contributed by atoms with E-state index >= 15 is 0 Å². The summed E-state index contributed by atoms with van der Waals surface area (Å²) in [6, 6.07) is 12.7. The fourth-order valence-electron chi connectivity index (χ4n) is 3.52. The van der Waals surface area contributed by atoms with Gasteiger partial charge in [-0.15, -0.1) is 0 Å². The summed E-state index contributed by atoms with van der Waals surface area (Å²) in [7, 11) is 3.15. The second kappa shape index (κ2) is 11.8. The predicted octanol–water partition coefficient (Wildman–Crippen LogP) is 4.97. The Morgan fingerprint density at radius 1 is 1.03 bits per heavy atom. The van der Waals surface area contributed by atoms with Crippen LogP contribution in [-0.4, -0.2) is 54.4 Å². The Labute approximate surface area is 214 Å². The molecule has 1 N–H and O–H groups in total. The highest BCUT2D eigenvalue weighted by atomic mass is 32.2. The molecule has 0 aliphatic carbocycles. The van der Waals surface area contributed by atoms with E-state index in [0.717, 1.165) is 30.1 Å². The molecule has 9 nitrogen and oxygen atoms in total. The standard InChI is InChI=1S/C26H28N4O5S/c1-4-5-9-23-29-30-24(27)20(25(31)28-26(30)36-23)14-17-10-11-21(22(15-17)33-3)35-13-12-34-19-8-6-7-18(16-19)32-2/h6-8,10-11,14-16,27H,4-5,9,12-13H2,1-3H3/b20-14+,27-24?. The number of amides is 1. The molecular weight excluding hydrogens is 480 g/mol. The molecule has 0 bridgehead atoms. The van der Waals surface area contributed by atoms with Gasteiger partial charge in [0.05, 0.1) is 19.8 Å². The lowest BCUT2D eigenvalue weighted by Crippen LogP contribution is -2.35. The van der Waals surface area contributed by atoms with E-state index in [-0.39, 0.29) is 11.4 Å². The number of hydrogen-bond acceptors (Lipinski definition) is 8. The van der Waals surface area contributed by atoms with E-state index in [1.165, 1.54) is 16.8 Å². The fraction of sp³-hybridized carbons (Fsp3) is 0.308. The summed E-state index contributed by atoms with van der Waals surface area (Å²) in [5, 5.41) is 15.7. The predicted molar refractivity (Wildman–Crippen MR) is 142 cm³/mol. The molecule has 0 saturated carbocycles. The SMILES string of the molecule is CCCCC1=NN2C(=N)/C(=C\c3ccc(OCCOc4cccc(OC)c4)c(OC)c3)C(=O)N=C2S1. The topological polar surface area (TPSA) is 106 Å². The fourth-order valence-corrected chi connectivity index (χ4v) is 4.45. The molecule has 1 amide bonds. The summed E-state index contributed by atoms with van der Waals surface area (Å²) < 4.78 is 22.2. The van der Waals surface area contributed by atoms with Crippen LogP contribution in [0.5, 0.6) is 23.0 Å². The van der Waals surface area contributed by atoms with Gasteiger partial charge in [-0.3, -0.25) is 10.2 Å². The van der Waals surface area contributed by atoms with E-state index < -0.39 is 5.91 Å². The summed E-state index contributed by atoms with van der Waals surface area (Å²) >= 11 is 1.35. The third-order valence-corrected chi connectivity index (χ3v) is 6.36. The monoisotopic (exact) mass is 508 g/mol. The maximum absolute atomic E-state index is 12.7. The Morgan fingerprint density at radius 2 is 1.83 bits per heavy atom. The number of benzene rings is 2. The zero-order chi connectivity index (χ0) is 25.5. The maximum atomic E-state index is 12.7. The van der Waals surface area contributed by atoms with E-state index in [1.54, 1.807) is 44.6 Å². The highest BCUT2D eigenvalue weighted by molar-refractivity contribution is 8.26. The van der Waals surface area contributed by atoms with E-state index in [4.69, 9.17) is 24.4 Å². The average Bonchev–Trinajstić information content (AvgIpc) is 3.31. The molecule has 0 spiro atoms. The van der Waals surface area contributed by atoms with Crippen molar-refractivity contribution in [2.24, 2.45) is 10.1 Å². The maximum Gasteiger partial charge on any atom is 0.283 e. The van der Waals surface area contributed by atoms with Crippen molar-refractivity contribution in [3.05, 3.63) is 53.6 Å². The van der Waals surface area contributed by atoms with Crippen LogP contribution in [0.1, 0.15) is 31.7 Å². The molecule has 188 valence electrons. The van der Waals surface area contributed by atoms with Crippen LogP contribution >= 0.6 is 11.8 Å². The minimum absolute atomic E-state index is 0.0120. The first-order chi connectivity index (χ1) is 17.5. The first-order valence-corrected chi connectivity index (χ1v) is 12.4. The Balaban J connectivity index is 1.41. The molecule has 0 radical (unpaired) electrons. The minimum Gasteiger partial charge on any atom is -0.497 e. The van der Waals surface area contributed by atoms with Gasteiger partial charge in [0.1, 0.15) is 29.8 Å². The molecule has 2 aromatic carbocycles. The van der Waals surface area contributed by atoms with E-state index in [9.17, 15) is 4.79 Å². The molecule has 0 unspecified atom stereocenters. The number of fused-ring (bicyclic) bond motifs is 1. The van der Waals surface area contributed by atoms with Gasteiger partial charge in [0, 0.05) is 6.07 Å². The number of nitrogens with one attached hydrogen (secondary N) is 1. The first kappa shape index (κ1) is 25.3. The van der Waals surface area contributed by atoms with Crippen LogP contribution in [0.2, 0.25) is 0 Å². The summed E-state index contributed by atoms with van der Waals surface area (Å²) in [6.07, 6.45) is 4.47. The second-order valence-corrected chi connectivity index (χ2v) is 8.94. The minimum atomic E-state index is -0.459. The van der Waals surface area contributed by atoms with Crippen molar-refractivity contribution in [3.63, 3.8) is 0 Å². The van der Waals surface area contributed by atoms with Gasteiger partial charge in [-0.1, -0.05) is 25.5 Å². The molecular formula is C26H28N4O5S. The zero-order valence-corrected chi connectivity index (χ0v) is 21.3. The molecule has 2 aromatic rings. The van der Waals surface area contributed by atoms with Crippen molar-refractivity contribution in [2.75, 3.05) is 27.4 Å². The Bertz CT molecular complexity index is 1240. The zero-order valence-electron chi connectivity index (χ0n) is 20.4. The average molecular weight is 509 g/mol. The van der Waals surface area contributed by atoms with Crippen LogP contribution in [0.4, 0.5) is 0 Å². The van der Waals surface area contributed by atoms with Crippen molar-refractivity contribution in [2.45, 2.75) is 26.2 Å². The van der Waals surface area contributed by atoms with Crippen molar-refractivity contribution < 1.29 is 23.7 Å². The number of rotatable bonds is 11. The van der Waals surface area contributed by atoms with Gasteiger partial charge in [-0.05, 0) is 60.5 Å². The Morgan fingerprint density at radius 3 is 2.61 bits per heavy atom. The number of nitrogens with zero attached hydrogens (tertiary/aromatic N) is 3. The van der Waals surface area contributed by atoms with Gasteiger partial charge in [-0.25, -0.2) is 0 Å². The van der Waals surface area contributed by atoms with Crippen LogP contribution in [0.25, 0.3) is 6.08 Å². The highest BCUT2D eigenvalue weighted by Gasteiger charge is 2.35. The summed E-state index contributed by atoms with van der Waals surface area (Å²) in [5.74, 6) is 2.01. The number of aliphatic imine (C=N–C) groups is 1. The number of amidine groups is 2. The quantitative estimate of drug-likeness (QED) is 0.337. The number of carbonyl (C=O) groups excluding carboxylic acids is 1. The molecule has 2 aliphatic heterocycles. The van der Waals surface area contributed by atoms with E-state index in [2.05, 4.69) is 17.0 Å². The smallest absolute Gasteiger partial charge is 0.283 e. The van der Waals surface area contributed by atoms with Crippen LogP contribution in [0.15, 0.2) is 58.1 Å². The van der Waals surface area contributed by atoms with E-state index in [0.29, 0.717) is 41.2 Å². The number of hydrazone groups is 1. The molecule has 0 atom stereocenters. The van der Waals surface area contributed by atoms with E-state index in [1.807, 2.05) is 18.2 Å². The highest BCUT2D eigenvalue weighted by Crippen LogP contribution is 2.32. The van der Waals surface area contributed by atoms with Crippen molar-refractivity contribution >= 4 is 39.8 Å². The number of ether oxygens (including phenoxy) is 4. The largest absolute Gasteiger partial charge is 0.497 e. The second-order valence-electron chi connectivity index (χ2n) is 7.90. The molecule has 2 heterocycles. The van der Waals surface area contributed by atoms with Crippen molar-refractivity contribution in [3.8, 4) is 23.0 Å². The summed E-state index contributed by atoms with van der Waals surface area (Å²) in [6.45, 7) is 2.75. The summed E-state index contributed by atoms with van der Waals surface area (Å²) in [4.78, 5) is 16.8. The number of hydrogen-bond donors (Lipinski definition) is 1. The molecule has 0 aromatic heterocycles. The Hall–Kier alpha value is -3.79. The molecule has 0 fully saturated rings. The van der Waals surface area contributed by atoms with Gasteiger partial charge in [-0.2, -0.15) is 15.1 Å². The number of carbonyl (C=O) groups is 1. The lowest BCUT2D eigenvalue weighted by Gasteiger charge is -2.20. The number of unbranched alkanes of at least 4 members (excludes halogenated alkanes) is 1. The molecule has 4 rings (SSSR count). The Kier molecular flexibility index (Phi) is 8.27. The lowest BCUT2D eigenvalue weighted by molar-refractivity contribution is -0.114. The third-order valence-electron chi connectivity index (χ3n) is 5.39.